The average Bonchev–Trinajstić information content (AvgIpc) is 3.01. The highest BCUT2D eigenvalue weighted by Gasteiger charge is 2.26. The molecule has 3 heteroatoms. The lowest BCUT2D eigenvalue weighted by molar-refractivity contribution is 0.208. The molecule has 1 aliphatic heterocycles. The summed E-state index contributed by atoms with van der Waals surface area (Å²) in [5, 5.41) is 3.52. The molecule has 0 aromatic heterocycles. The summed E-state index contributed by atoms with van der Waals surface area (Å²) in [4.78, 5) is 6.84. The van der Waals surface area contributed by atoms with Gasteiger partial charge < -0.3 is 10.2 Å². The summed E-state index contributed by atoms with van der Waals surface area (Å²) >= 11 is 0. The van der Waals surface area contributed by atoms with E-state index < -0.39 is 0 Å². The Morgan fingerprint density at radius 1 is 1.25 bits per heavy atom. The van der Waals surface area contributed by atoms with Crippen LogP contribution in [0.4, 0.5) is 0 Å². The van der Waals surface area contributed by atoms with E-state index in [1.807, 2.05) is 7.05 Å². The van der Waals surface area contributed by atoms with Crippen LogP contribution in [0.1, 0.15) is 33.1 Å². The minimum atomic E-state index is 0.795. The Balaban J connectivity index is 1.86. The molecular weight excluding hydrogens is 198 g/mol. The third kappa shape index (κ3) is 3.13. The fourth-order valence-electron chi connectivity index (χ4n) is 2.73. The van der Waals surface area contributed by atoms with Gasteiger partial charge in [-0.2, -0.15) is 0 Å². The number of rotatable bonds is 2. The van der Waals surface area contributed by atoms with Crippen LogP contribution in [-0.4, -0.2) is 37.5 Å². The molecule has 2 atom stereocenters. The summed E-state index contributed by atoms with van der Waals surface area (Å²) in [6.07, 6.45) is 4.16. The van der Waals surface area contributed by atoms with E-state index in [2.05, 4.69) is 29.1 Å². The second-order valence-electron chi connectivity index (χ2n) is 5.72. The maximum Gasteiger partial charge on any atom is 0.193 e. The fourth-order valence-corrected chi connectivity index (χ4v) is 2.73. The number of likely N-dealkylation sites (tertiary alicyclic amines) is 1. The zero-order valence-corrected chi connectivity index (χ0v) is 10.9. The SMILES string of the molecule is CN=C(NCC1CC1)N1CC(C)CC(C)C1. The quantitative estimate of drug-likeness (QED) is 0.572. The maximum absolute atomic E-state index is 4.41. The van der Waals surface area contributed by atoms with Crippen LogP contribution in [0.2, 0.25) is 0 Å². The van der Waals surface area contributed by atoms with Crippen LogP contribution in [0.5, 0.6) is 0 Å². The van der Waals surface area contributed by atoms with Gasteiger partial charge in [-0.3, -0.25) is 4.99 Å². The minimum absolute atomic E-state index is 0.795. The van der Waals surface area contributed by atoms with E-state index in [1.165, 1.54) is 19.3 Å². The molecule has 16 heavy (non-hydrogen) atoms. The Bertz CT molecular complexity index is 248. The van der Waals surface area contributed by atoms with Crippen molar-refractivity contribution >= 4 is 5.96 Å². The Morgan fingerprint density at radius 2 is 1.88 bits per heavy atom. The summed E-state index contributed by atoms with van der Waals surface area (Å²) in [6, 6.07) is 0. The standard InChI is InChI=1S/C13H25N3/c1-10-6-11(2)9-16(8-10)13(14-3)15-7-12-4-5-12/h10-12H,4-9H2,1-3H3,(H,14,15). The number of aliphatic imine (C=N–C) groups is 1. The van der Waals surface area contributed by atoms with Crippen molar-refractivity contribution < 1.29 is 0 Å². The van der Waals surface area contributed by atoms with Gasteiger partial charge in [-0.25, -0.2) is 0 Å². The molecule has 2 fully saturated rings. The number of nitrogens with zero attached hydrogens (tertiary/aromatic N) is 2. The summed E-state index contributed by atoms with van der Waals surface area (Å²) < 4.78 is 0. The van der Waals surface area contributed by atoms with Gasteiger partial charge in [0.1, 0.15) is 0 Å². The summed E-state index contributed by atoms with van der Waals surface area (Å²) in [7, 11) is 1.90. The lowest BCUT2D eigenvalue weighted by Gasteiger charge is -2.37. The van der Waals surface area contributed by atoms with E-state index in [0.717, 1.165) is 43.3 Å². The van der Waals surface area contributed by atoms with Gasteiger partial charge >= 0.3 is 0 Å². The first kappa shape index (κ1) is 11.7. The van der Waals surface area contributed by atoms with E-state index in [-0.39, 0.29) is 0 Å². The molecule has 2 aliphatic rings. The van der Waals surface area contributed by atoms with Gasteiger partial charge in [0, 0.05) is 26.7 Å². The van der Waals surface area contributed by atoms with Gasteiger partial charge in [-0.05, 0) is 37.0 Å². The monoisotopic (exact) mass is 223 g/mol. The van der Waals surface area contributed by atoms with E-state index >= 15 is 0 Å². The molecule has 0 aromatic carbocycles. The van der Waals surface area contributed by atoms with Gasteiger partial charge in [0.2, 0.25) is 0 Å². The molecule has 3 nitrogen and oxygen atoms in total. The molecular formula is C13H25N3. The Kier molecular flexibility index (Phi) is 3.72. The zero-order chi connectivity index (χ0) is 11.5. The molecule has 2 rings (SSSR count). The van der Waals surface area contributed by atoms with Gasteiger partial charge in [-0.1, -0.05) is 13.8 Å². The first-order chi connectivity index (χ1) is 7.69. The Labute approximate surface area is 99.3 Å². The van der Waals surface area contributed by atoms with Crippen molar-refractivity contribution in [1.29, 1.82) is 0 Å². The normalized spacial score (nSPS) is 31.7. The first-order valence-electron chi connectivity index (χ1n) is 6.64. The maximum atomic E-state index is 4.41. The highest BCUT2D eigenvalue weighted by molar-refractivity contribution is 5.80. The van der Waals surface area contributed by atoms with Crippen LogP contribution in [-0.2, 0) is 0 Å². The van der Waals surface area contributed by atoms with Gasteiger partial charge in [-0.15, -0.1) is 0 Å². The lowest BCUT2D eigenvalue weighted by atomic mass is 9.92. The number of piperidine rings is 1. The molecule has 0 amide bonds. The number of guanidine groups is 1. The van der Waals surface area contributed by atoms with Crippen LogP contribution in [0.3, 0.4) is 0 Å². The topological polar surface area (TPSA) is 27.6 Å². The van der Waals surface area contributed by atoms with E-state index in [0.29, 0.717) is 0 Å². The van der Waals surface area contributed by atoms with Crippen molar-refractivity contribution in [3.8, 4) is 0 Å². The lowest BCUT2D eigenvalue weighted by Crippen LogP contribution is -2.48. The molecule has 1 N–H and O–H groups in total. The van der Waals surface area contributed by atoms with Crippen molar-refractivity contribution in [1.82, 2.24) is 10.2 Å². The summed E-state index contributed by atoms with van der Waals surface area (Å²) in [5.41, 5.74) is 0. The molecule has 92 valence electrons. The Hall–Kier alpha value is -0.730. The van der Waals surface area contributed by atoms with Gasteiger partial charge in [0.15, 0.2) is 5.96 Å². The van der Waals surface area contributed by atoms with Crippen molar-refractivity contribution in [2.45, 2.75) is 33.1 Å². The molecule has 0 aromatic rings. The number of nitrogens with one attached hydrogen (secondary N) is 1. The molecule has 2 unspecified atom stereocenters. The van der Waals surface area contributed by atoms with Gasteiger partial charge in [0.25, 0.3) is 0 Å². The van der Waals surface area contributed by atoms with Crippen molar-refractivity contribution in [3.63, 3.8) is 0 Å². The molecule has 0 radical (unpaired) electrons. The van der Waals surface area contributed by atoms with E-state index in [9.17, 15) is 0 Å². The van der Waals surface area contributed by atoms with Gasteiger partial charge in [0.05, 0.1) is 0 Å². The third-order valence-corrected chi connectivity index (χ3v) is 3.63. The summed E-state index contributed by atoms with van der Waals surface area (Å²) in [6.45, 7) is 8.13. The predicted molar refractivity (Wildman–Crippen MR) is 68.6 cm³/mol. The second kappa shape index (κ2) is 5.07. The minimum Gasteiger partial charge on any atom is -0.356 e. The molecule has 1 heterocycles. The Morgan fingerprint density at radius 3 is 2.38 bits per heavy atom. The van der Waals surface area contributed by atoms with E-state index in [4.69, 9.17) is 0 Å². The summed E-state index contributed by atoms with van der Waals surface area (Å²) in [5.74, 6) is 3.62. The molecule has 0 spiro atoms. The van der Waals surface area contributed by atoms with E-state index in [1.54, 1.807) is 0 Å². The second-order valence-corrected chi connectivity index (χ2v) is 5.72. The van der Waals surface area contributed by atoms with Crippen LogP contribution < -0.4 is 5.32 Å². The number of hydrogen-bond donors (Lipinski definition) is 1. The molecule has 1 saturated carbocycles. The van der Waals surface area contributed by atoms with Crippen molar-refractivity contribution in [3.05, 3.63) is 0 Å². The highest BCUT2D eigenvalue weighted by Crippen LogP contribution is 2.27. The molecule has 1 aliphatic carbocycles. The first-order valence-corrected chi connectivity index (χ1v) is 6.64. The van der Waals surface area contributed by atoms with Crippen molar-refractivity contribution in [2.75, 3.05) is 26.7 Å². The van der Waals surface area contributed by atoms with Crippen molar-refractivity contribution in [2.24, 2.45) is 22.7 Å². The van der Waals surface area contributed by atoms with Crippen LogP contribution in [0.15, 0.2) is 4.99 Å². The smallest absolute Gasteiger partial charge is 0.193 e. The highest BCUT2D eigenvalue weighted by atomic mass is 15.3. The molecule has 0 bridgehead atoms. The largest absolute Gasteiger partial charge is 0.356 e. The fraction of sp³-hybridized carbons (Fsp3) is 0.923. The average molecular weight is 223 g/mol. The van der Waals surface area contributed by atoms with Crippen LogP contribution in [0, 0.1) is 17.8 Å². The molecule has 1 saturated heterocycles. The van der Waals surface area contributed by atoms with Crippen LogP contribution in [0.25, 0.3) is 0 Å². The predicted octanol–water partition coefficient (Wildman–Crippen LogP) is 1.95. The zero-order valence-electron chi connectivity index (χ0n) is 10.9. The van der Waals surface area contributed by atoms with Crippen LogP contribution >= 0.6 is 0 Å². The third-order valence-electron chi connectivity index (χ3n) is 3.63. The number of hydrogen-bond acceptors (Lipinski definition) is 1.